The van der Waals surface area contributed by atoms with Crippen molar-refractivity contribution < 1.29 is 14.3 Å². The van der Waals surface area contributed by atoms with Crippen LogP contribution in [0.15, 0.2) is 18.2 Å². The zero-order valence-electron chi connectivity index (χ0n) is 17.3. The lowest BCUT2D eigenvalue weighted by Crippen LogP contribution is -2.40. The Hall–Kier alpha value is -1.95. The number of carbonyl (C=O) groups excluding carboxylic acids is 1. The number of benzene rings is 1. The Balaban J connectivity index is 1.50. The van der Waals surface area contributed by atoms with Gasteiger partial charge in [0.15, 0.2) is 0 Å². The molecule has 1 atom stereocenters. The number of amides is 1. The fraction of sp³-hybridized carbons (Fsp3) is 0.682. The highest BCUT2D eigenvalue weighted by atomic mass is 16.5. The molecule has 1 aromatic rings. The third-order valence-electron chi connectivity index (χ3n) is 6.46. The second-order valence-electron chi connectivity index (χ2n) is 8.42. The molecule has 0 bridgehead atoms. The molecular formula is C22H35N3O3. The van der Waals surface area contributed by atoms with Crippen LogP contribution in [0.3, 0.4) is 0 Å². The van der Waals surface area contributed by atoms with E-state index in [1.54, 1.807) is 14.2 Å². The van der Waals surface area contributed by atoms with E-state index in [4.69, 9.17) is 15.2 Å². The van der Waals surface area contributed by atoms with Crippen molar-refractivity contribution in [1.82, 2.24) is 5.32 Å². The van der Waals surface area contributed by atoms with Gasteiger partial charge in [-0.2, -0.15) is 0 Å². The molecule has 0 spiro atoms. The number of hydrogen-bond donors (Lipinski definition) is 2. The Morgan fingerprint density at radius 2 is 1.86 bits per heavy atom. The summed E-state index contributed by atoms with van der Waals surface area (Å²) >= 11 is 0. The van der Waals surface area contributed by atoms with Crippen molar-refractivity contribution in [3.63, 3.8) is 0 Å². The average molecular weight is 390 g/mol. The third kappa shape index (κ3) is 5.10. The van der Waals surface area contributed by atoms with E-state index in [1.807, 2.05) is 18.2 Å². The molecule has 1 saturated carbocycles. The summed E-state index contributed by atoms with van der Waals surface area (Å²) in [4.78, 5) is 14.9. The number of hydrogen-bond acceptors (Lipinski definition) is 5. The van der Waals surface area contributed by atoms with Gasteiger partial charge in [-0.25, -0.2) is 0 Å². The molecule has 3 N–H and O–H groups in total. The van der Waals surface area contributed by atoms with Crippen LogP contribution in [0.1, 0.15) is 44.9 Å². The standard InChI is InChI=1S/C22H35N3O3/c1-27-19-10-18(11-20(12-19)28-2)25-9-6-17(15-25)14-24-21(26)13-22(16-23)7-4-3-5-8-22/h10-12,17H,3-9,13-16,23H2,1-2H3,(H,24,26). The lowest BCUT2D eigenvalue weighted by Gasteiger charge is -2.35. The molecule has 0 radical (unpaired) electrons. The van der Waals surface area contributed by atoms with E-state index in [9.17, 15) is 4.79 Å². The number of nitrogens with two attached hydrogens (primary N) is 1. The first kappa shape index (κ1) is 20.8. The van der Waals surface area contributed by atoms with E-state index in [0.717, 1.165) is 56.1 Å². The van der Waals surface area contributed by atoms with E-state index >= 15 is 0 Å². The summed E-state index contributed by atoms with van der Waals surface area (Å²) in [5.74, 6) is 2.21. The van der Waals surface area contributed by atoms with Crippen LogP contribution in [0.5, 0.6) is 11.5 Å². The molecular weight excluding hydrogens is 354 g/mol. The van der Waals surface area contributed by atoms with Gasteiger partial charge in [0, 0.05) is 49.9 Å². The summed E-state index contributed by atoms with van der Waals surface area (Å²) in [6.45, 7) is 3.26. The first-order valence-electron chi connectivity index (χ1n) is 10.5. The van der Waals surface area contributed by atoms with Crippen molar-refractivity contribution in [3.8, 4) is 11.5 Å². The molecule has 3 rings (SSSR count). The molecule has 6 nitrogen and oxygen atoms in total. The highest BCUT2D eigenvalue weighted by Gasteiger charge is 2.33. The van der Waals surface area contributed by atoms with Gasteiger partial charge in [-0.05, 0) is 37.1 Å². The Kier molecular flexibility index (Phi) is 7.05. The van der Waals surface area contributed by atoms with Crippen LogP contribution in [0.25, 0.3) is 0 Å². The number of anilines is 1. The van der Waals surface area contributed by atoms with Crippen LogP contribution in [0.2, 0.25) is 0 Å². The maximum Gasteiger partial charge on any atom is 0.220 e. The van der Waals surface area contributed by atoms with Crippen molar-refractivity contribution in [2.75, 3.05) is 45.3 Å². The highest BCUT2D eigenvalue weighted by Crippen LogP contribution is 2.38. The van der Waals surface area contributed by atoms with Crippen LogP contribution >= 0.6 is 0 Å². The minimum Gasteiger partial charge on any atom is -0.497 e. The van der Waals surface area contributed by atoms with Crippen LogP contribution in [-0.4, -0.2) is 46.3 Å². The number of nitrogens with zero attached hydrogens (tertiary/aromatic N) is 1. The number of ether oxygens (including phenoxy) is 2. The Bertz CT molecular complexity index is 636. The first-order valence-corrected chi connectivity index (χ1v) is 10.5. The fourth-order valence-electron chi connectivity index (χ4n) is 4.62. The molecule has 28 heavy (non-hydrogen) atoms. The topological polar surface area (TPSA) is 76.8 Å². The SMILES string of the molecule is COc1cc(OC)cc(N2CCC(CNC(=O)CC3(CN)CCCCC3)C2)c1. The normalized spacial score (nSPS) is 21.4. The molecule has 2 aliphatic rings. The third-order valence-corrected chi connectivity index (χ3v) is 6.46. The van der Waals surface area contributed by atoms with Crippen LogP contribution in [0.4, 0.5) is 5.69 Å². The van der Waals surface area contributed by atoms with E-state index in [2.05, 4.69) is 10.2 Å². The molecule has 0 aromatic heterocycles. The second kappa shape index (κ2) is 9.50. The molecule has 1 amide bonds. The number of nitrogens with one attached hydrogen (secondary N) is 1. The van der Waals surface area contributed by atoms with Crippen molar-refractivity contribution in [3.05, 3.63) is 18.2 Å². The maximum absolute atomic E-state index is 12.5. The minimum absolute atomic E-state index is 0.0290. The lowest BCUT2D eigenvalue weighted by molar-refractivity contribution is -0.124. The summed E-state index contributed by atoms with van der Waals surface area (Å²) in [6.07, 6.45) is 7.50. The first-order chi connectivity index (χ1) is 13.6. The molecule has 156 valence electrons. The van der Waals surface area contributed by atoms with Crippen molar-refractivity contribution in [2.45, 2.75) is 44.9 Å². The highest BCUT2D eigenvalue weighted by molar-refractivity contribution is 5.76. The van der Waals surface area contributed by atoms with Gasteiger partial charge in [0.2, 0.25) is 5.91 Å². The lowest BCUT2D eigenvalue weighted by atomic mass is 9.71. The summed E-state index contributed by atoms with van der Waals surface area (Å²) < 4.78 is 10.8. The van der Waals surface area contributed by atoms with Gasteiger partial charge in [0.1, 0.15) is 11.5 Å². The van der Waals surface area contributed by atoms with E-state index in [1.165, 1.54) is 19.3 Å². The second-order valence-corrected chi connectivity index (χ2v) is 8.42. The predicted octanol–water partition coefficient (Wildman–Crippen LogP) is 2.95. The molecule has 1 aliphatic carbocycles. The zero-order chi connectivity index (χ0) is 20.0. The average Bonchev–Trinajstić information content (AvgIpc) is 3.21. The van der Waals surface area contributed by atoms with Crippen LogP contribution in [-0.2, 0) is 4.79 Å². The number of rotatable bonds is 8. The van der Waals surface area contributed by atoms with Crippen LogP contribution in [0, 0.1) is 11.3 Å². The predicted molar refractivity (Wildman–Crippen MR) is 112 cm³/mol. The van der Waals surface area contributed by atoms with Gasteiger partial charge < -0.3 is 25.4 Å². The molecule has 1 aromatic carbocycles. The molecule has 6 heteroatoms. The quantitative estimate of drug-likeness (QED) is 0.715. The summed E-state index contributed by atoms with van der Waals surface area (Å²) in [7, 11) is 3.34. The van der Waals surface area contributed by atoms with Gasteiger partial charge in [0.25, 0.3) is 0 Å². The Morgan fingerprint density at radius 1 is 1.18 bits per heavy atom. The monoisotopic (exact) mass is 389 g/mol. The smallest absolute Gasteiger partial charge is 0.220 e. The molecule has 1 unspecified atom stereocenters. The molecule has 1 saturated heterocycles. The van der Waals surface area contributed by atoms with Gasteiger partial charge in [-0.1, -0.05) is 19.3 Å². The van der Waals surface area contributed by atoms with E-state index in [-0.39, 0.29) is 11.3 Å². The molecule has 2 fully saturated rings. The summed E-state index contributed by atoms with van der Waals surface area (Å²) in [5, 5.41) is 3.18. The van der Waals surface area contributed by atoms with Crippen molar-refractivity contribution in [1.29, 1.82) is 0 Å². The van der Waals surface area contributed by atoms with Crippen LogP contribution < -0.4 is 25.4 Å². The van der Waals surface area contributed by atoms with Gasteiger partial charge in [0.05, 0.1) is 14.2 Å². The Morgan fingerprint density at radius 3 is 2.46 bits per heavy atom. The van der Waals surface area contributed by atoms with Gasteiger partial charge >= 0.3 is 0 Å². The summed E-state index contributed by atoms with van der Waals surface area (Å²) in [6, 6.07) is 5.96. The maximum atomic E-state index is 12.5. The zero-order valence-corrected chi connectivity index (χ0v) is 17.3. The van der Waals surface area contributed by atoms with Gasteiger partial charge in [-0.3, -0.25) is 4.79 Å². The number of methoxy groups -OCH3 is 2. The minimum atomic E-state index is 0.0290. The van der Waals surface area contributed by atoms with E-state index < -0.39 is 0 Å². The molecule has 1 heterocycles. The fourth-order valence-corrected chi connectivity index (χ4v) is 4.62. The van der Waals surface area contributed by atoms with Gasteiger partial charge in [-0.15, -0.1) is 0 Å². The van der Waals surface area contributed by atoms with Crippen molar-refractivity contribution >= 4 is 11.6 Å². The number of carbonyl (C=O) groups is 1. The Labute approximate surface area is 168 Å². The van der Waals surface area contributed by atoms with Crippen molar-refractivity contribution in [2.24, 2.45) is 17.1 Å². The van der Waals surface area contributed by atoms with E-state index in [0.29, 0.717) is 18.9 Å². The summed E-state index contributed by atoms with van der Waals surface area (Å²) in [5.41, 5.74) is 7.16. The largest absolute Gasteiger partial charge is 0.497 e. The molecule has 1 aliphatic heterocycles.